The first-order valence-electron chi connectivity index (χ1n) is 10.0. The van der Waals surface area contributed by atoms with Crippen LogP contribution in [0.1, 0.15) is 128 Å². The second-order valence-electron chi connectivity index (χ2n) is 8.30. The number of rotatable bonds is 2. The van der Waals surface area contributed by atoms with E-state index in [1.807, 2.05) is 13.8 Å². The van der Waals surface area contributed by atoms with Crippen LogP contribution in [0.5, 0.6) is 0 Å². The van der Waals surface area contributed by atoms with Crippen molar-refractivity contribution in [1.29, 1.82) is 0 Å². The predicted octanol–water partition coefficient (Wildman–Crippen LogP) is 9.38. The van der Waals surface area contributed by atoms with E-state index in [0.717, 1.165) is 29.1 Å². The van der Waals surface area contributed by atoms with Crippen molar-refractivity contribution in [2.24, 2.45) is 29.1 Å². The smallest absolute Gasteiger partial charge is 0.0292 e. The summed E-state index contributed by atoms with van der Waals surface area (Å²) in [4.78, 5) is 0. The highest BCUT2D eigenvalue weighted by Gasteiger charge is 2.46. The molecule has 0 aromatic heterocycles. The van der Waals surface area contributed by atoms with E-state index in [1.54, 1.807) is 25.7 Å². The van der Waals surface area contributed by atoms with Gasteiger partial charge in [-0.2, -0.15) is 0 Å². The number of hydrogen-bond acceptors (Lipinski definition) is 0. The summed E-state index contributed by atoms with van der Waals surface area (Å²) in [6.45, 7) is 13.4. The van der Waals surface area contributed by atoms with Gasteiger partial charge < -0.3 is 0 Å². The van der Waals surface area contributed by atoms with Crippen molar-refractivity contribution in [2.75, 3.05) is 0 Å². The molecule has 3 saturated carbocycles. The molecule has 24 heavy (non-hydrogen) atoms. The molecule has 3 aliphatic carbocycles. The average Bonchev–Trinajstić information content (AvgIpc) is 2.39. The van der Waals surface area contributed by atoms with E-state index in [1.165, 1.54) is 38.5 Å². The maximum atomic E-state index is 2.39. The minimum atomic E-state index is 0. The molecule has 3 fully saturated rings. The molecule has 0 aliphatic heterocycles. The molecular weight excluding hydrogens is 288 g/mol. The van der Waals surface area contributed by atoms with Gasteiger partial charge in [-0.3, -0.25) is 0 Å². The normalized spacial score (nSPS) is 26.6. The lowest BCUT2D eigenvalue weighted by molar-refractivity contribution is -0.0256. The third-order valence-corrected chi connectivity index (χ3v) is 6.44. The second-order valence-corrected chi connectivity index (χ2v) is 8.30. The van der Waals surface area contributed by atoms with Crippen LogP contribution in [-0.4, -0.2) is 0 Å². The highest BCUT2D eigenvalue weighted by molar-refractivity contribution is 4.98. The highest BCUT2D eigenvalue weighted by Crippen LogP contribution is 2.59. The molecule has 3 aliphatic rings. The Kier molecular flexibility index (Phi) is 17.0. The number of hydrogen-bond donors (Lipinski definition) is 0. The van der Waals surface area contributed by atoms with Crippen LogP contribution in [0.15, 0.2) is 0 Å². The third-order valence-electron chi connectivity index (χ3n) is 6.44. The molecule has 150 valence electrons. The minimum absolute atomic E-state index is 0. The Bertz CT molecular complexity index is 245. The van der Waals surface area contributed by atoms with Crippen molar-refractivity contribution in [1.82, 2.24) is 0 Å². The molecule has 0 heteroatoms. The van der Waals surface area contributed by atoms with Gasteiger partial charge in [0.05, 0.1) is 0 Å². The molecule has 0 aromatic carbocycles. The summed E-state index contributed by atoms with van der Waals surface area (Å²) in [6, 6.07) is 0. The Morgan fingerprint density at radius 1 is 0.875 bits per heavy atom. The van der Waals surface area contributed by atoms with Gasteiger partial charge in [-0.25, -0.2) is 0 Å². The van der Waals surface area contributed by atoms with E-state index in [4.69, 9.17) is 0 Å². The van der Waals surface area contributed by atoms with Gasteiger partial charge in [-0.1, -0.05) is 89.5 Å². The van der Waals surface area contributed by atoms with Gasteiger partial charge in [0.2, 0.25) is 0 Å². The van der Waals surface area contributed by atoms with Crippen molar-refractivity contribution < 1.29 is 0 Å². The topological polar surface area (TPSA) is 0 Å². The zero-order chi connectivity index (χ0) is 15.9. The van der Waals surface area contributed by atoms with Gasteiger partial charge in [0.15, 0.2) is 0 Å². The molecule has 0 nitrogen and oxygen atoms in total. The fraction of sp³-hybridized carbons (Fsp3) is 1.00. The lowest BCUT2D eigenvalue weighted by Crippen LogP contribution is -2.42. The fourth-order valence-corrected chi connectivity index (χ4v) is 4.49. The molecule has 3 rings (SSSR count). The Hall–Kier alpha value is 0. The molecular formula is C24H54. The first-order chi connectivity index (χ1) is 10.0. The van der Waals surface area contributed by atoms with Gasteiger partial charge in [-0.05, 0) is 67.6 Å². The summed E-state index contributed by atoms with van der Waals surface area (Å²) in [5.41, 5.74) is 0.917. The van der Waals surface area contributed by atoms with E-state index < -0.39 is 0 Å². The quantitative estimate of drug-likeness (QED) is 0.468. The van der Waals surface area contributed by atoms with Gasteiger partial charge >= 0.3 is 0 Å². The first kappa shape index (κ1) is 28.8. The van der Waals surface area contributed by atoms with Crippen LogP contribution in [0.4, 0.5) is 0 Å². The summed E-state index contributed by atoms with van der Waals surface area (Å²) in [7, 11) is 0. The predicted molar refractivity (Wildman–Crippen MR) is 117 cm³/mol. The molecule has 1 spiro atoms. The summed E-state index contributed by atoms with van der Waals surface area (Å²) >= 11 is 0. The Morgan fingerprint density at radius 3 is 1.62 bits per heavy atom. The second kappa shape index (κ2) is 14.2. The molecule has 0 unspecified atom stereocenters. The fourth-order valence-electron chi connectivity index (χ4n) is 4.49. The zero-order valence-corrected chi connectivity index (χ0v) is 15.9. The van der Waals surface area contributed by atoms with Crippen LogP contribution < -0.4 is 0 Å². The van der Waals surface area contributed by atoms with E-state index in [9.17, 15) is 0 Å². The monoisotopic (exact) mass is 342 g/mol. The molecule has 0 amide bonds. The average molecular weight is 343 g/mol. The van der Waals surface area contributed by atoms with Crippen LogP contribution in [0.2, 0.25) is 0 Å². The molecule has 0 heterocycles. The largest absolute Gasteiger partial charge is 0.0776 e. The molecule has 0 saturated heterocycles. The van der Waals surface area contributed by atoms with Crippen LogP contribution in [-0.2, 0) is 0 Å². The Balaban J connectivity index is -0.000000300. The van der Waals surface area contributed by atoms with Crippen LogP contribution in [0.25, 0.3) is 0 Å². The van der Waals surface area contributed by atoms with Crippen LogP contribution in [0.3, 0.4) is 0 Å². The maximum absolute atomic E-state index is 2.39. The van der Waals surface area contributed by atoms with Crippen molar-refractivity contribution in [3.63, 3.8) is 0 Å². The van der Waals surface area contributed by atoms with Crippen molar-refractivity contribution >= 4 is 0 Å². The van der Waals surface area contributed by atoms with E-state index in [2.05, 4.69) is 27.7 Å². The van der Waals surface area contributed by atoms with Crippen LogP contribution in [0, 0.1) is 29.1 Å². The SMILES string of the molecule is C.C.C.CC.CC1CCC(C(C)C)CC1.CCC1CC2(CCC2)C1. The first-order valence-corrected chi connectivity index (χ1v) is 10.0. The summed E-state index contributed by atoms with van der Waals surface area (Å²) in [6.07, 6.45) is 15.1. The van der Waals surface area contributed by atoms with Crippen molar-refractivity contribution in [2.45, 2.75) is 128 Å². The van der Waals surface area contributed by atoms with Gasteiger partial charge in [0.25, 0.3) is 0 Å². The maximum Gasteiger partial charge on any atom is -0.0292 e. The third kappa shape index (κ3) is 8.39. The highest BCUT2D eigenvalue weighted by atomic mass is 14.5. The van der Waals surface area contributed by atoms with Gasteiger partial charge in [0.1, 0.15) is 0 Å². The Morgan fingerprint density at radius 2 is 1.33 bits per heavy atom. The lowest BCUT2D eigenvalue weighted by Gasteiger charge is -2.54. The van der Waals surface area contributed by atoms with Gasteiger partial charge in [-0.15, -0.1) is 0 Å². The molecule has 0 N–H and O–H groups in total. The van der Waals surface area contributed by atoms with E-state index >= 15 is 0 Å². The van der Waals surface area contributed by atoms with E-state index in [0.29, 0.717) is 0 Å². The summed E-state index contributed by atoms with van der Waals surface area (Å²) in [5.74, 6) is 4.09. The summed E-state index contributed by atoms with van der Waals surface area (Å²) in [5, 5.41) is 0. The van der Waals surface area contributed by atoms with Crippen LogP contribution >= 0.6 is 0 Å². The molecule has 0 aromatic rings. The van der Waals surface area contributed by atoms with Crippen molar-refractivity contribution in [3.05, 3.63) is 0 Å². The Labute approximate surface area is 157 Å². The standard InChI is InChI=1S/C10H20.C9H16.C2H6.3CH4/c1-8(2)10-6-4-9(3)5-7-10;1-2-8-6-9(7-8)4-3-5-9;1-2;;;/h8-10H,4-7H2,1-3H3;8H,2-7H2,1H3;1-2H3;3*1H4. The lowest BCUT2D eigenvalue weighted by atomic mass is 9.51. The van der Waals surface area contributed by atoms with Gasteiger partial charge in [0, 0.05) is 0 Å². The van der Waals surface area contributed by atoms with E-state index in [-0.39, 0.29) is 22.3 Å². The van der Waals surface area contributed by atoms with Crippen molar-refractivity contribution in [3.8, 4) is 0 Å². The minimum Gasteiger partial charge on any atom is -0.0776 e. The summed E-state index contributed by atoms with van der Waals surface area (Å²) < 4.78 is 0. The molecule has 0 atom stereocenters. The molecule has 0 radical (unpaired) electrons. The molecule has 0 bridgehead atoms. The zero-order valence-electron chi connectivity index (χ0n) is 15.9.